The molecule has 0 spiro atoms. The Morgan fingerprint density at radius 2 is 1.45 bits per heavy atom. The van der Waals surface area contributed by atoms with E-state index in [0.717, 1.165) is 22.1 Å². The molecule has 0 saturated heterocycles. The maximum Gasteiger partial charge on any atom is 0.192 e. The van der Waals surface area contributed by atoms with E-state index in [2.05, 4.69) is 26.9 Å². The number of Topliss-reactive ketones (excluding diaryl/α,β-unsaturated/α-hetero) is 1. The largest absolute Gasteiger partial charge is 0.302 e. The van der Waals surface area contributed by atoms with Gasteiger partial charge in [-0.2, -0.15) is 0 Å². The summed E-state index contributed by atoms with van der Waals surface area (Å²) in [5.41, 5.74) is 5.14. The van der Waals surface area contributed by atoms with Gasteiger partial charge in [-0.1, -0.05) is 102 Å². The number of thioether (sulfide) groups is 1. The highest BCUT2D eigenvalue weighted by molar-refractivity contribution is 8.00. The van der Waals surface area contributed by atoms with Crippen molar-refractivity contribution in [1.29, 1.82) is 0 Å². The predicted molar refractivity (Wildman–Crippen MR) is 126 cm³/mol. The Labute approximate surface area is 187 Å². The lowest BCUT2D eigenvalue weighted by molar-refractivity contribution is 0.0989. The van der Waals surface area contributed by atoms with Crippen molar-refractivity contribution in [3.63, 3.8) is 0 Å². The number of aryl methyl sites for hydroxylation is 3. The molecule has 0 bridgehead atoms. The van der Waals surface area contributed by atoms with Crippen LogP contribution in [-0.2, 0) is 6.54 Å². The molecule has 0 aliphatic rings. The van der Waals surface area contributed by atoms with Crippen LogP contribution in [0.25, 0.3) is 0 Å². The standard InChI is InChI=1S/C26H25N3OS/c1-18-9-13-22(14-10-18)24(30)25(23-15-11-19(2)12-16-23)31-26-28-27-20(3)29(26)17-21-7-5-4-6-8-21/h4-16,25H,17H2,1-3H3. The van der Waals surface area contributed by atoms with E-state index in [1.54, 1.807) is 0 Å². The van der Waals surface area contributed by atoms with E-state index in [1.165, 1.54) is 22.9 Å². The highest BCUT2D eigenvalue weighted by atomic mass is 32.2. The number of benzene rings is 3. The average molecular weight is 428 g/mol. The summed E-state index contributed by atoms with van der Waals surface area (Å²) in [6.45, 7) is 6.69. The molecule has 31 heavy (non-hydrogen) atoms. The van der Waals surface area contributed by atoms with Crippen LogP contribution in [0.2, 0.25) is 0 Å². The number of carbonyl (C=O) groups excluding carboxylic acids is 1. The summed E-state index contributed by atoms with van der Waals surface area (Å²) in [6, 6.07) is 26.1. The fourth-order valence-electron chi connectivity index (χ4n) is 3.39. The van der Waals surface area contributed by atoms with Crippen LogP contribution in [0.4, 0.5) is 0 Å². The van der Waals surface area contributed by atoms with Crippen molar-refractivity contribution in [1.82, 2.24) is 14.8 Å². The Hall–Kier alpha value is -3.18. The Morgan fingerprint density at radius 1 is 0.839 bits per heavy atom. The summed E-state index contributed by atoms with van der Waals surface area (Å²) >= 11 is 1.46. The zero-order valence-corrected chi connectivity index (χ0v) is 18.8. The molecule has 156 valence electrons. The summed E-state index contributed by atoms with van der Waals surface area (Å²) in [5.74, 6) is 0.901. The van der Waals surface area contributed by atoms with Crippen LogP contribution in [-0.4, -0.2) is 20.5 Å². The number of aromatic nitrogens is 3. The molecular weight excluding hydrogens is 402 g/mol. The molecule has 0 radical (unpaired) electrons. The number of ketones is 1. The van der Waals surface area contributed by atoms with Crippen molar-refractivity contribution in [2.45, 2.75) is 37.7 Å². The first-order chi connectivity index (χ1) is 15.0. The first-order valence-corrected chi connectivity index (χ1v) is 11.2. The second-order valence-corrected chi connectivity index (χ2v) is 8.81. The van der Waals surface area contributed by atoms with Crippen LogP contribution in [0.3, 0.4) is 0 Å². The molecule has 1 aromatic heterocycles. The Kier molecular flexibility index (Phi) is 6.33. The van der Waals surface area contributed by atoms with Gasteiger partial charge in [0.15, 0.2) is 10.9 Å². The number of rotatable bonds is 7. The van der Waals surface area contributed by atoms with Crippen LogP contribution in [0.15, 0.2) is 84.0 Å². The minimum atomic E-state index is -0.401. The normalized spacial score (nSPS) is 12.0. The number of nitrogens with zero attached hydrogens (tertiary/aromatic N) is 3. The van der Waals surface area contributed by atoms with Gasteiger partial charge in [-0.25, -0.2) is 0 Å². The minimum absolute atomic E-state index is 0.0702. The number of hydrogen-bond donors (Lipinski definition) is 0. The van der Waals surface area contributed by atoms with E-state index in [4.69, 9.17) is 0 Å². The van der Waals surface area contributed by atoms with Gasteiger partial charge in [0.1, 0.15) is 11.1 Å². The highest BCUT2D eigenvalue weighted by Crippen LogP contribution is 2.37. The van der Waals surface area contributed by atoms with Crippen molar-refractivity contribution >= 4 is 17.5 Å². The first-order valence-electron chi connectivity index (χ1n) is 10.3. The first kappa shape index (κ1) is 21.1. The third-order valence-electron chi connectivity index (χ3n) is 5.26. The van der Waals surface area contributed by atoms with E-state index in [-0.39, 0.29) is 5.78 Å². The van der Waals surface area contributed by atoms with Gasteiger partial charge in [-0.05, 0) is 31.9 Å². The molecule has 1 heterocycles. The minimum Gasteiger partial charge on any atom is -0.302 e. The molecule has 1 unspecified atom stereocenters. The molecule has 0 saturated carbocycles. The van der Waals surface area contributed by atoms with Gasteiger partial charge in [-0.3, -0.25) is 4.79 Å². The lowest BCUT2D eigenvalue weighted by atomic mass is 10.0. The lowest BCUT2D eigenvalue weighted by Crippen LogP contribution is -2.12. The smallest absolute Gasteiger partial charge is 0.192 e. The van der Waals surface area contributed by atoms with Crippen LogP contribution < -0.4 is 0 Å². The van der Waals surface area contributed by atoms with Crippen LogP contribution >= 0.6 is 11.8 Å². The number of hydrogen-bond acceptors (Lipinski definition) is 4. The van der Waals surface area contributed by atoms with Gasteiger partial charge in [-0.15, -0.1) is 10.2 Å². The van der Waals surface area contributed by atoms with E-state index in [0.29, 0.717) is 12.1 Å². The van der Waals surface area contributed by atoms with Gasteiger partial charge >= 0.3 is 0 Å². The fraction of sp³-hybridized carbons (Fsp3) is 0.192. The monoisotopic (exact) mass is 427 g/mol. The molecule has 4 aromatic rings. The predicted octanol–water partition coefficient (Wildman–Crippen LogP) is 5.97. The topological polar surface area (TPSA) is 47.8 Å². The highest BCUT2D eigenvalue weighted by Gasteiger charge is 2.26. The molecule has 0 aliphatic carbocycles. The number of carbonyl (C=O) groups is 1. The third kappa shape index (κ3) is 4.94. The van der Waals surface area contributed by atoms with Gasteiger partial charge < -0.3 is 4.57 Å². The summed E-state index contributed by atoms with van der Waals surface area (Å²) in [5, 5.41) is 9.05. The molecule has 4 nitrogen and oxygen atoms in total. The molecule has 4 rings (SSSR count). The average Bonchev–Trinajstić information content (AvgIpc) is 3.12. The fourth-order valence-corrected chi connectivity index (χ4v) is 4.54. The van der Waals surface area contributed by atoms with Crippen molar-refractivity contribution in [2.75, 3.05) is 0 Å². The Morgan fingerprint density at radius 3 is 2.10 bits per heavy atom. The van der Waals surface area contributed by atoms with Crippen molar-refractivity contribution in [3.05, 3.63) is 113 Å². The van der Waals surface area contributed by atoms with Gasteiger partial charge in [0.05, 0.1) is 6.54 Å². The van der Waals surface area contributed by atoms with E-state index < -0.39 is 5.25 Å². The van der Waals surface area contributed by atoms with Gasteiger partial charge in [0.25, 0.3) is 0 Å². The van der Waals surface area contributed by atoms with Crippen LogP contribution in [0.1, 0.15) is 43.7 Å². The molecule has 5 heteroatoms. The van der Waals surface area contributed by atoms with E-state index in [1.807, 2.05) is 87.5 Å². The zero-order chi connectivity index (χ0) is 21.8. The summed E-state index contributed by atoms with van der Waals surface area (Å²) in [7, 11) is 0. The maximum atomic E-state index is 13.5. The molecule has 1 atom stereocenters. The molecule has 3 aromatic carbocycles. The van der Waals surface area contributed by atoms with E-state index in [9.17, 15) is 4.79 Å². The van der Waals surface area contributed by atoms with Crippen molar-refractivity contribution in [3.8, 4) is 0 Å². The van der Waals surface area contributed by atoms with Crippen LogP contribution in [0, 0.1) is 20.8 Å². The summed E-state index contributed by atoms with van der Waals surface area (Å²) < 4.78 is 2.07. The van der Waals surface area contributed by atoms with Gasteiger partial charge in [0.2, 0.25) is 0 Å². The molecule has 0 aliphatic heterocycles. The van der Waals surface area contributed by atoms with Gasteiger partial charge in [0, 0.05) is 5.56 Å². The maximum absolute atomic E-state index is 13.5. The Bertz CT molecular complexity index is 1170. The SMILES string of the molecule is Cc1ccc(C(=O)C(Sc2nnc(C)n2Cc2ccccc2)c2ccc(C)cc2)cc1. The zero-order valence-electron chi connectivity index (χ0n) is 17.9. The second kappa shape index (κ2) is 9.31. The van der Waals surface area contributed by atoms with Crippen molar-refractivity contribution in [2.24, 2.45) is 0 Å². The molecular formula is C26H25N3OS. The Balaban J connectivity index is 1.69. The summed E-state index contributed by atoms with van der Waals surface area (Å²) in [4.78, 5) is 13.5. The quantitative estimate of drug-likeness (QED) is 0.269. The van der Waals surface area contributed by atoms with Crippen LogP contribution in [0.5, 0.6) is 0 Å². The van der Waals surface area contributed by atoms with Crippen molar-refractivity contribution < 1.29 is 4.79 Å². The second-order valence-electron chi connectivity index (χ2n) is 7.74. The molecule has 0 N–H and O–H groups in total. The molecule has 0 fully saturated rings. The summed E-state index contributed by atoms with van der Waals surface area (Å²) in [6.07, 6.45) is 0. The van der Waals surface area contributed by atoms with E-state index >= 15 is 0 Å². The lowest BCUT2D eigenvalue weighted by Gasteiger charge is -2.17. The third-order valence-corrected chi connectivity index (χ3v) is 6.50. The molecule has 0 amide bonds.